The zero-order chi connectivity index (χ0) is 12.9. The third-order valence-corrected chi connectivity index (χ3v) is 3.12. The molecule has 0 N–H and O–H groups in total. The topological polar surface area (TPSA) is 26.3 Å². The Labute approximate surface area is 107 Å². The summed E-state index contributed by atoms with van der Waals surface area (Å²) in [6.45, 7) is 7.10. The quantitative estimate of drug-likeness (QED) is 0.387. The monoisotopic (exact) mass is 242 g/mol. The second-order valence-electron chi connectivity index (χ2n) is 4.86. The molecular formula is C15H30O2. The summed E-state index contributed by atoms with van der Waals surface area (Å²) in [6, 6.07) is 0. The fourth-order valence-electron chi connectivity index (χ4n) is 2.00. The van der Waals surface area contributed by atoms with Crippen LogP contribution in [0.2, 0.25) is 0 Å². The van der Waals surface area contributed by atoms with E-state index in [1.165, 1.54) is 19.3 Å². The summed E-state index contributed by atoms with van der Waals surface area (Å²) in [6.07, 6.45) is 10.0. The first-order valence-electron chi connectivity index (χ1n) is 7.42. The Hall–Kier alpha value is -0.530. The Balaban J connectivity index is 3.72. The van der Waals surface area contributed by atoms with Gasteiger partial charge in [-0.25, -0.2) is 0 Å². The van der Waals surface area contributed by atoms with E-state index in [1.807, 2.05) is 0 Å². The van der Waals surface area contributed by atoms with Gasteiger partial charge in [0.25, 0.3) is 0 Å². The zero-order valence-corrected chi connectivity index (χ0v) is 12.0. The minimum atomic E-state index is 0.0387. The highest BCUT2D eigenvalue weighted by molar-refractivity contribution is 5.72. The molecule has 0 saturated carbocycles. The van der Waals surface area contributed by atoms with Crippen LogP contribution in [0.4, 0.5) is 0 Å². The van der Waals surface area contributed by atoms with Crippen molar-refractivity contribution < 1.29 is 9.53 Å². The third kappa shape index (κ3) is 9.20. The largest absolute Gasteiger partial charge is 0.465 e. The fourth-order valence-corrected chi connectivity index (χ4v) is 2.00. The highest BCUT2D eigenvalue weighted by atomic mass is 16.5. The van der Waals surface area contributed by atoms with Gasteiger partial charge in [-0.1, -0.05) is 59.3 Å². The minimum Gasteiger partial charge on any atom is -0.465 e. The predicted molar refractivity (Wildman–Crippen MR) is 73.0 cm³/mol. The maximum atomic E-state index is 11.8. The van der Waals surface area contributed by atoms with E-state index < -0.39 is 0 Å². The summed E-state index contributed by atoms with van der Waals surface area (Å²) in [7, 11) is 0. The number of hydrogen-bond acceptors (Lipinski definition) is 2. The summed E-state index contributed by atoms with van der Waals surface area (Å²) in [5.41, 5.74) is 0. The molecule has 0 aliphatic heterocycles. The first-order chi connectivity index (χ1) is 8.26. The molecule has 0 heterocycles. The van der Waals surface area contributed by atoms with Crippen molar-refractivity contribution in [2.24, 2.45) is 5.92 Å². The van der Waals surface area contributed by atoms with Gasteiger partial charge >= 0.3 is 5.97 Å². The molecule has 0 aliphatic carbocycles. The van der Waals surface area contributed by atoms with Gasteiger partial charge in [0.2, 0.25) is 0 Å². The van der Waals surface area contributed by atoms with Crippen LogP contribution in [0.3, 0.4) is 0 Å². The Morgan fingerprint density at radius 2 is 1.59 bits per heavy atom. The maximum absolute atomic E-state index is 11.8. The average molecular weight is 242 g/mol. The normalized spacial score (nSPS) is 12.4. The first kappa shape index (κ1) is 16.5. The molecule has 17 heavy (non-hydrogen) atoms. The standard InChI is InChI=1S/C15H30O2/c1-4-7-9-10-13-17-15(16)14(11-6-3)12-8-5-2/h14H,4-13H2,1-3H3. The summed E-state index contributed by atoms with van der Waals surface area (Å²) in [5.74, 6) is 0.183. The number of esters is 1. The van der Waals surface area contributed by atoms with Crippen LogP contribution in [0.5, 0.6) is 0 Å². The van der Waals surface area contributed by atoms with Crippen molar-refractivity contribution in [2.75, 3.05) is 6.61 Å². The molecule has 0 aromatic heterocycles. The molecule has 2 heteroatoms. The number of unbranched alkanes of at least 4 members (excludes halogenated alkanes) is 4. The first-order valence-corrected chi connectivity index (χ1v) is 7.42. The number of carbonyl (C=O) groups is 1. The lowest BCUT2D eigenvalue weighted by Crippen LogP contribution is -2.18. The molecule has 102 valence electrons. The fraction of sp³-hybridized carbons (Fsp3) is 0.933. The second kappa shape index (κ2) is 11.9. The van der Waals surface area contributed by atoms with Crippen LogP contribution in [-0.2, 0) is 9.53 Å². The summed E-state index contributed by atoms with van der Waals surface area (Å²) in [4.78, 5) is 11.8. The number of hydrogen-bond donors (Lipinski definition) is 0. The van der Waals surface area contributed by atoms with Gasteiger partial charge in [-0.05, 0) is 19.3 Å². The molecule has 0 aromatic carbocycles. The molecule has 0 radical (unpaired) electrons. The van der Waals surface area contributed by atoms with Gasteiger partial charge < -0.3 is 4.74 Å². The van der Waals surface area contributed by atoms with Crippen LogP contribution >= 0.6 is 0 Å². The van der Waals surface area contributed by atoms with Crippen molar-refractivity contribution in [2.45, 2.75) is 78.6 Å². The van der Waals surface area contributed by atoms with Crippen molar-refractivity contribution in [1.82, 2.24) is 0 Å². The molecule has 1 unspecified atom stereocenters. The van der Waals surface area contributed by atoms with Gasteiger partial charge in [-0.3, -0.25) is 4.79 Å². The molecular weight excluding hydrogens is 212 g/mol. The van der Waals surface area contributed by atoms with Crippen LogP contribution < -0.4 is 0 Å². The lowest BCUT2D eigenvalue weighted by molar-refractivity contribution is -0.149. The Morgan fingerprint density at radius 1 is 0.882 bits per heavy atom. The molecule has 0 aromatic rings. The second-order valence-corrected chi connectivity index (χ2v) is 4.86. The third-order valence-electron chi connectivity index (χ3n) is 3.12. The SMILES string of the molecule is CCCCCCOC(=O)C(CCC)CCCC. The summed E-state index contributed by atoms with van der Waals surface area (Å²) < 4.78 is 5.36. The van der Waals surface area contributed by atoms with E-state index in [0.717, 1.165) is 38.5 Å². The molecule has 2 nitrogen and oxygen atoms in total. The number of carbonyl (C=O) groups excluding carboxylic acids is 1. The molecule has 1 atom stereocenters. The van der Waals surface area contributed by atoms with E-state index in [9.17, 15) is 4.79 Å². The van der Waals surface area contributed by atoms with Crippen molar-refractivity contribution in [3.63, 3.8) is 0 Å². The van der Waals surface area contributed by atoms with Gasteiger partial charge in [0.1, 0.15) is 0 Å². The van der Waals surface area contributed by atoms with Crippen LogP contribution in [0.1, 0.15) is 78.6 Å². The van der Waals surface area contributed by atoms with Crippen LogP contribution in [0.15, 0.2) is 0 Å². The van der Waals surface area contributed by atoms with Crippen molar-refractivity contribution in [3.05, 3.63) is 0 Å². The van der Waals surface area contributed by atoms with Crippen molar-refractivity contribution >= 4 is 5.97 Å². The Morgan fingerprint density at radius 3 is 2.18 bits per heavy atom. The predicted octanol–water partition coefficient (Wildman–Crippen LogP) is 4.72. The van der Waals surface area contributed by atoms with Gasteiger partial charge in [0.05, 0.1) is 12.5 Å². The van der Waals surface area contributed by atoms with E-state index >= 15 is 0 Å². The highest BCUT2D eigenvalue weighted by Gasteiger charge is 2.17. The van der Waals surface area contributed by atoms with Gasteiger partial charge in [0.15, 0.2) is 0 Å². The average Bonchev–Trinajstić information content (AvgIpc) is 2.34. The van der Waals surface area contributed by atoms with E-state index in [4.69, 9.17) is 4.74 Å². The van der Waals surface area contributed by atoms with E-state index in [2.05, 4.69) is 20.8 Å². The Kier molecular flexibility index (Phi) is 11.6. The maximum Gasteiger partial charge on any atom is 0.308 e. The number of ether oxygens (including phenoxy) is 1. The van der Waals surface area contributed by atoms with E-state index in [1.54, 1.807) is 0 Å². The van der Waals surface area contributed by atoms with Crippen LogP contribution in [0, 0.1) is 5.92 Å². The lowest BCUT2D eigenvalue weighted by atomic mass is 9.97. The van der Waals surface area contributed by atoms with Crippen molar-refractivity contribution in [1.29, 1.82) is 0 Å². The number of rotatable bonds is 11. The molecule has 0 rings (SSSR count). The Bertz CT molecular complexity index is 178. The van der Waals surface area contributed by atoms with Gasteiger partial charge in [-0.15, -0.1) is 0 Å². The van der Waals surface area contributed by atoms with Crippen molar-refractivity contribution in [3.8, 4) is 0 Å². The lowest BCUT2D eigenvalue weighted by Gasteiger charge is -2.14. The molecule has 0 spiro atoms. The van der Waals surface area contributed by atoms with Gasteiger partial charge in [0, 0.05) is 0 Å². The molecule has 0 fully saturated rings. The smallest absolute Gasteiger partial charge is 0.308 e. The van der Waals surface area contributed by atoms with Crippen LogP contribution in [0.25, 0.3) is 0 Å². The zero-order valence-electron chi connectivity index (χ0n) is 12.0. The minimum absolute atomic E-state index is 0.0387. The molecule has 0 amide bonds. The molecule has 0 aliphatic rings. The molecule has 0 saturated heterocycles. The summed E-state index contributed by atoms with van der Waals surface area (Å²) in [5, 5.41) is 0. The highest BCUT2D eigenvalue weighted by Crippen LogP contribution is 2.16. The van der Waals surface area contributed by atoms with E-state index in [0.29, 0.717) is 6.61 Å². The molecule has 0 bridgehead atoms. The van der Waals surface area contributed by atoms with Crippen LogP contribution in [-0.4, -0.2) is 12.6 Å². The van der Waals surface area contributed by atoms with Gasteiger partial charge in [-0.2, -0.15) is 0 Å². The van der Waals surface area contributed by atoms with E-state index in [-0.39, 0.29) is 11.9 Å². The summed E-state index contributed by atoms with van der Waals surface area (Å²) >= 11 is 0.